The molecule has 0 aromatic heterocycles. The van der Waals surface area contributed by atoms with Crippen LogP contribution in [0.1, 0.15) is 15.9 Å². The summed E-state index contributed by atoms with van der Waals surface area (Å²) in [4.78, 5) is 11.9. The van der Waals surface area contributed by atoms with Crippen LogP contribution in [0.5, 0.6) is 0 Å². The minimum absolute atomic E-state index is 0.108. The lowest BCUT2D eigenvalue weighted by molar-refractivity contribution is -0.137. The molecule has 0 aliphatic rings. The van der Waals surface area contributed by atoms with E-state index < -0.39 is 17.6 Å². The Morgan fingerprint density at radius 3 is 2.30 bits per heavy atom. The van der Waals surface area contributed by atoms with Gasteiger partial charge in [-0.2, -0.15) is 13.2 Å². The summed E-state index contributed by atoms with van der Waals surface area (Å²) in [7, 11) is 0. The van der Waals surface area contributed by atoms with Gasteiger partial charge in [-0.3, -0.25) is 15.6 Å². The lowest BCUT2D eigenvalue weighted by Gasteiger charge is -2.12. The van der Waals surface area contributed by atoms with Crippen LogP contribution >= 0.6 is 12.2 Å². The van der Waals surface area contributed by atoms with Crippen molar-refractivity contribution in [2.24, 2.45) is 0 Å². The van der Waals surface area contributed by atoms with Gasteiger partial charge in [-0.1, -0.05) is 24.3 Å². The smallest absolute Gasteiger partial charge is 0.331 e. The van der Waals surface area contributed by atoms with Crippen molar-refractivity contribution in [3.05, 3.63) is 65.7 Å². The first-order valence-electron chi connectivity index (χ1n) is 6.46. The highest BCUT2D eigenvalue weighted by Crippen LogP contribution is 2.29. The Morgan fingerprint density at radius 1 is 0.957 bits per heavy atom. The molecule has 0 aliphatic heterocycles. The van der Waals surface area contributed by atoms with E-state index in [1.807, 2.05) is 6.07 Å². The van der Waals surface area contributed by atoms with Gasteiger partial charge in [0.1, 0.15) is 0 Å². The van der Waals surface area contributed by atoms with Crippen LogP contribution in [0.15, 0.2) is 54.6 Å². The summed E-state index contributed by atoms with van der Waals surface area (Å²) >= 11 is 4.97. The highest BCUT2D eigenvalue weighted by molar-refractivity contribution is 7.80. The Hall–Kier alpha value is -2.61. The van der Waals surface area contributed by atoms with Crippen molar-refractivity contribution in [2.45, 2.75) is 6.18 Å². The quantitative estimate of drug-likeness (QED) is 0.580. The molecule has 0 bridgehead atoms. The number of carbonyl (C=O) groups excluding carboxylic acids is 1. The summed E-state index contributed by atoms with van der Waals surface area (Å²) < 4.78 is 37.8. The summed E-state index contributed by atoms with van der Waals surface area (Å²) in [6.45, 7) is 0. The second-order valence-corrected chi connectivity index (χ2v) is 4.89. The molecule has 1 amide bonds. The summed E-state index contributed by atoms with van der Waals surface area (Å²) in [5.74, 6) is -0.728. The van der Waals surface area contributed by atoms with Crippen LogP contribution in [0, 0.1) is 0 Å². The number of rotatable bonds is 2. The molecule has 23 heavy (non-hydrogen) atoms. The van der Waals surface area contributed by atoms with E-state index in [-0.39, 0.29) is 10.7 Å². The summed E-state index contributed by atoms with van der Waals surface area (Å²) in [5.41, 5.74) is 4.35. The summed E-state index contributed by atoms with van der Waals surface area (Å²) in [5, 5.41) is 2.92. The number of halogens is 3. The molecule has 4 nitrogen and oxygen atoms in total. The topological polar surface area (TPSA) is 53.2 Å². The van der Waals surface area contributed by atoms with Crippen LogP contribution in [-0.4, -0.2) is 11.0 Å². The van der Waals surface area contributed by atoms with E-state index in [2.05, 4.69) is 16.2 Å². The van der Waals surface area contributed by atoms with Crippen molar-refractivity contribution >= 4 is 28.9 Å². The van der Waals surface area contributed by atoms with Crippen LogP contribution in [0.3, 0.4) is 0 Å². The highest BCUT2D eigenvalue weighted by atomic mass is 32.1. The first-order chi connectivity index (χ1) is 10.9. The first-order valence-corrected chi connectivity index (χ1v) is 6.87. The Labute approximate surface area is 135 Å². The molecule has 2 aromatic carbocycles. The van der Waals surface area contributed by atoms with Gasteiger partial charge in [0.15, 0.2) is 5.11 Å². The van der Waals surface area contributed by atoms with Crippen LogP contribution in [0.4, 0.5) is 18.9 Å². The molecule has 0 fully saturated rings. The molecular formula is C15H12F3N3OS. The molecule has 0 unspecified atom stereocenters. The van der Waals surface area contributed by atoms with Gasteiger partial charge in [-0.15, -0.1) is 0 Å². The zero-order valence-electron chi connectivity index (χ0n) is 11.6. The number of carbonyl (C=O) groups is 1. The number of hydrogen-bond donors (Lipinski definition) is 3. The Morgan fingerprint density at radius 2 is 1.65 bits per heavy atom. The Kier molecular flexibility index (Phi) is 5.17. The number of hydrazine groups is 1. The third kappa shape index (κ3) is 4.96. The molecule has 8 heteroatoms. The number of thiocarbonyl (C=S) groups is 1. The van der Waals surface area contributed by atoms with E-state index in [0.29, 0.717) is 5.69 Å². The SMILES string of the molecule is O=C(NNC(=S)Nc1ccccc1)c1cccc(C(F)(F)F)c1. The van der Waals surface area contributed by atoms with Gasteiger partial charge in [0, 0.05) is 11.3 Å². The lowest BCUT2D eigenvalue weighted by atomic mass is 10.1. The monoisotopic (exact) mass is 339 g/mol. The minimum atomic E-state index is -4.51. The van der Waals surface area contributed by atoms with Crippen molar-refractivity contribution in [3.8, 4) is 0 Å². The van der Waals surface area contributed by atoms with E-state index in [4.69, 9.17) is 12.2 Å². The molecule has 120 valence electrons. The molecule has 2 aromatic rings. The number of para-hydroxylation sites is 1. The van der Waals surface area contributed by atoms with E-state index in [0.717, 1.165) is 18.2 Å². The van der Waals surface area contributed by atoms with Gasteiger partial charge < -0.3 is 5.32 Å². The van der Waals surface area contributed by atoms with Crippen molar-refractivity contribution < 1.29 is 18.0 Å². The van der Waals surface area contributed by atoms with Crippen LogP contribution in [0.2, 0.25) is 0 Å². The van der Waals surface area contributed by atoms with Gasteiger partial charge >= 0.3 is 6.18 Å². The molecule has 3 N–H and O–H groups in total. The molecule has 0 spiro atoms. The number of anilines is 1. The second kappa shape index (κ2) is 7.10. The highest BCUT2D eigenvalue weighted by Gasteiger charge is 2.30. The van der Waals surface area contributed by atoms with Gasteiger partial charge in [-0.05, 0) is 42.5 Å². The molecule has 0 saturated carbocycles. The van der Waals surface area contributed by atoms with Crippen LogP contribution in [-0.2, 0) is 6.18 Å². The zero-order chi connectivity index (χ0) is 16.9. The fourth-order valence-electron chi connectivity index (χ4n) is 1.71. The molecule has 0 saturated heterocycles. The predicted octanol–water partition coefficient (Wildman–Crippen LogP) is 3.34. The fourth-order valence-corrected chi connectivity index (χ4v) is 1.88. The zero-order valence-corrected chi connectivity index (χ0v) is 12.5. The molecular weight excluding hydrogens is 327 g/mol. The number of benzene rings is 2. The van der Waals surface area contributed by atoms with Gasteiger partial charge in [-0.25, -0.2) is 0 Å². The average Bonchev–Trinajstić information content (AvgIpc) is 2.53. The number of alkyl halides is 3. The fraction of sp³-hybridized carbons (Fsp3) is 0.0667. The summed E-state index contributed by atoms with van der Waals surface area (Å²) in [6.07, 6.45) is -4.51. The summed E-state index contributed by atoms with van der Waals surface area (Å²) in [6, 6.07) is 13.1. The van der Waals surface area contributed by atoms with Gasteiger partial charge in [0.2, 0.25) is 0 Å². The molecule has 0 atom stereocenters. The third-order valence-corrected chi connectivity index (χ3v) is 2.98. The maximum Gasteiger partial charge on any atom is 0.416 e. The predicted molar refractivity (Wildman–Crippen MR) is 84.7 cm³/mol. The number of amides is 1. The van der Waals surface area contributed by atoms with E-state index in [9.17, 15) is 18.0 Å². The Bertz CT molecular complexity index is 705. The van der Waals surface area contributed by atoms with E-state index >= 15 is 0 Å². The van der Waals surface area contributed by atoms with E-state index in [1.165, 1.54) is 6.07 Å². The molecule has 0 heterocycles. The van der Waals surface area contributed by atoms with Crippen molar-refractivity contribution in [1.29, 1.82) is 0 Å². The number of nitrogens with one attached hydrogen (secondary N) is 3. The van der Waals surface area contributed by atoms with Crippen molar-refractivity contribution in [3.63, 3.8) is 0 Å². The molecule has 0 aliphatic carbocycles. The maximum atomic E-state index is 12.6. The van der Waals surface area contributed by atoms with Gasteiger partial charge in [0.25, 0.3) is 5.91 Å². The first kappa shape index (κ1) is 16.8. The normalized spacial score (nSPS) is 10.7. The molecule has 2 rings (SSSR count). The molecule has 0 radical (unpaired) electrons. The largest absolute Gasteiger partial charge is 0.416 e. The maximum absolute atomic E-state index is 12.6. The van der Waals surface area contributed by atoms with Crippen molar-refractivity contribution in [1.82, 2.24) is 10.9 Å². The van der Waals surface area contributed by atoms with Crippen molar-refractivity contribution in [2.75, 3.05) is 5.32 Å². The van der Waals surface area contributed by atoms with E-state index in [1.54, 1.807) is 24.3 Å². The Balaban J connectivity index is 1.93. The second-order valence-electron chi connectivity index (χ2n) is 4.48. The standard InChI is InChI=1S/C15H12F3N3OS/c16-15(17,18)11-6-4-5-10(9-11)13(22)20-21-14(23)19-12-7-2-1-3-8-12/h1-9H,(H,20,22)(H2,19,21,23). The minimum Gasteiger partial charge on any atom is -0.331 e. The average molecular weight is 339 g/mol. The third-order valence-electron chi connectivity index (χ3n) is 2.77. The lowest BCUT2D eigenvalue weighted by Crippen LogP contribution is -2.43. The van der Waals surface area contributed by atoms with Crippen LogP contribution in [0.25, 0.3) is 0 Å². The number of hydrogen-bond acceptors (Lipinski definition) is 2. The van der Waals surface area contributed by atoms with Gasteiger partial charge in [0.05, 0.1) is 5.56 Å². The van der Waals surface area contributed by atoms with Crippen LogP contribution < -0.4 is 16.2 Å².